The first-order valence-corrected chi connectivity index (χ1v) is 13.2. The Morgan fingerprint density at radius 1 is 1.23 bits per heavy atom. The Morgan fingerprint density at radius 3 is 2.69 bits per heavy atom. The van der Waals surface area contributed by atoms with Crippen LogP contribution in [0.25, 0.3) is 0 Å². The minimum absolute atomic E-state index is 0.0282. The number of anilines is 2. The lowest BCUT2D eigenvalue weighted by Gasteiger charge is -2.31. The van der Waals surface area contributed by atoms with Crippen molar-refractivity contribution < 1.29 is 14.8 Å². The quantitative estimate of drug-likeness (QED) is 0.331. The number of thiophene rings is 1. The number of aromatic nitrogens is 1. The first kappa shape index (κ1) is 24.0. The molecule has 0 aliphatic heterocycles. The minimum atomic E-state index is -0.342. The number of nitrogens with one attached hydrogen (secondary N) is 3. The number of aryl methyl sites for hydroxylation is 2. The Morgan fingerprint density at radius 2 is 2.00 bits per heavy atom. The number of hydrogen-bond acceptors (Lipinski definition) is 6. The fourth-order valence-electron chi connectivity index (χ4n) is 4.28. The average Bonchev–Trinajstić information content (AvgIpc) is 3.75. The molecule has 2 aromatic heterocycles. The predicted octanol–water partition coefficient (Wildman–Crippen LogP) is 2.88. The van der Waals surface area contributed by atoms with Gasteiger partial charge in [-0.2, -0.15) is 0 Å². The van der Waals surface area contributed by atoms with E-state index in [0.717, 1.165) is 41.2 Å². The van der Waals surface area contributed by atoms with E-state index in [1.165, 1.54) is 22.0 Å². The zero-order chi connectivity index (χ0) is 24.7. The maximum atomic E-state index is 13.2. The van der Waals surface area contributed by atoms with Crippen LogP contribution >= 0.6 is 23.6 Å². The largest absolute Gasteiger partial charge is 0.352 e. The number of carbonyl (C=O) groups excluding carboxylic acids is 2. The lowest BCUT2D eigenvalue weighted by molar-refractivity contribution is -0.117. The monoisotopic (exact) mass is 515 g/mol. The third-order valence-electron chi connectivity index (χ3n) is 6.80. The van der Waals surface area contributed by atoms with Crippen molar-refractivity contribution in [3.8, 4) is 0 Å². The van der Waals surface area contributed by atoms with Crippen LogP contribution in [0.2, 0.25) is 0 Å². The number of fused-ring (bicyclic) bond motifs is 1. The molecule has 9 nitrogen and oxygen atoms in total. The first-order chi connectivity index (χ1) is 16.8. The fraction of sp³-hybridized carbons (Fsp3) is 0.500. The van der Waals surface area contributed by atoms with Gasteiger partial charge in [0, 0.05) is 42.3 Å². The molecule has 2 saturated carbocycles. The Balaban J connectivity index is 1.33. The Labute approximate surface area is 212 Å². The SMILES string of the molecule is Cn1ccc(NC(=S)N(O)[C@H]2CCc3sc(NC(=O)C4CC4)c(C(=O)NCC4CC4)c3C2)cc1=O. The van der Waals surface area contributed by atoms with Crippen molar-refractivity contribution in [3.05, 3.63) is 44.7 Å². The normalized spacial score (nSPS) is 19.0. The zero-order valence-corrected chi connectivity index (χ0v) is 21.1. The molecule has 0 radical (unpaired) electrons. The van der Waals surface area contributed by atoms with E-state index in [0.29, 0.717) is 48.0 Å². The van der Waals surface area contributed by atoms with Gasteiger partial charge in [0.25, 0.3) is 11.5 Å². The molecule has 35 heavy (non-hydrogen) atoms. The van der Waals surface area contributed by atoms with Gasteiger partial charge in [0.15, 0.2) is 5.11 Å². The van der Waals surface area contributed by atoms with Crippen LogP contribution in [0.3, 0.4) is 0 Å². The Hall–Kier alpha value is -2.76. The van der Waals surface area contributed by atoms with Gasteiger partial charge < -0.3 is 20.5 Å². The van der Waals surface area contributed by atoms with Crippen molar-refractivity contribution in [1.29, 1.82) is 0 Å². The van der Waals surface area contributed by atoms with E-state index in [-0.39, 0.29) is 34.4 Å². The molecule has 1 atom stereocenters. The molecule has 2 amide bonds. The molecule has 4 N–H and O–H groups in total. The number of thiocarbonyl (C=S) groups is 1. The van der Waals surface area contributed by atoms with Gasteiger partial charge >= 0.3 is 0 Å². The standard InChI is InChI=1S/C24H29N5O4S2/c1-28-9-8-15(10-19(28)30)26-24(34)29(33)16-6-7-18-17(11-16)20(22(32)25-12-13-2-3-13)23(35-18)27-21(31)14-4-5-14/h8-10,13-14,16,33H,2-7,11-12H2,1H3,(H,25,32)(H,26,34)(H,27,31)/t16-/m0/s1. The highest BCUT2D eigenvalue weighted by molar-refractivity contribution is 7.80. The van der Waals surface area contributed by atoms with E-state index >= 15 is 0 Å². The molecule has 0 aromatic carbocycles. The van der Waals surface area contributed by atoms with Crippen LogP contribution in [0.15, 0.2) is 23.1 Å². The summed E-state index contributed by atoms with van der Waals surface area (Å²) in [5.41, 5.74) is 1.68. The number of rotatable bonds is 7. The van der Waals surface area contributed by atoms with Crippen molar-refractivity contribution in [2.24, 2.45) is 18.9 Å². The number of carbonyl (C=O) groups is 2. The van der Waals surface area contributed by atoms with Crippen LogP contribution in [0.1, 0.15) is 52.9 Å². The highest BCUT2D eigenvalue weighted by Crippen LogP contribution is 2.40. The summed E-state index contributed by atoms with van der Waals surface area (Å²) in [7, 11) is 1.66. The molecule has 3 aliphatic carbocycles. The Bertz CT molecular complexity index is 1230. The van der Waals surface area contributed by atoms with Gasteiger partial charge in [0.1, 0.15) is 5.00 Å². The number of pyridine rings is 1. The second kappa shape index (κ2) is 9.71. The summed E-state index contributed by atoms with van der Waals surface area (Å²) in [5, 5.41) is 21.5. The maximum Gasteiger partial charge on any atom is 0.254 e. The fourth-order valence-corrected chi connectivity index (χ4v) is 5.79. The molecule has 11 heteroatoms. The summed E-state index contributed by atoms with van der Waals surface area (Å²) in [6.07, 6.45) is 7.39. The third-order valence-corrected chi connectivity index (χ3v) is 8.30. The summed E-state index contributed by atoms with van der Waals surface area (Å²) < 4.78 is 1.44. The zero-order valence-electron chi connectivity index (χ0n) is 19.5. The van der Waals surface area contributed by atoms with E-state index < -0.39 is 0 Å². The van der Waals surface area contributed by atoms with Gasteiger partial charge in [-0.1, -0.05) is 0 Å². The van der Waals surface area contributed by atoms with Gasteiger partial charge in [0.05, 0.1) is 11.6 Å². The molecule has 0 unspecified atom stereocenters. The first-order valence-electron chi connectivity index (χ1n) is 12.0. The van der Waals surface area contributed by atoms with Crippen molar-refractivity contribution in [2.45, 2.75) is 51.0 Å². The van der Waals surface area contributed by atoms with Crippen molar-refractivity contribution in [3.63, 3.8) is 0 Å². The second-order valence-electron chi connectivity index (χ2n) is 9.66. The van der Waals surface area contributed by atoms with Gasteiger partial charge in [0.2, 0.25) is 5.91 Å². The molecule has 2 aromatic rings. The van der Waals surface area contributed by atoms with Crippen LogP contribution in [-0.2, 0) is 24.7 Å². The van der Waals surface area contributed by atoms with E-state index in [4.69, 9.17) is 12.2 Å². The van der Waals surface area contributed by atoms with Crippen molar-refractivity contribution in [1.82, 2.24) is 14.9 Å². The van der Waals surface area contributed by atoms with Gasteiger partial charge in [-0.15, -0.1) is 11.3 Å². The summed E-state index contributed by atoms with van der Waals surface area (Å²) >= 11 is 6.86. The van der Waals surface area contributed by atoms with E-state index in [2.05, 4.69) is 16.0 Å². The molecule has 3 aliphatic rings. The van der Waals surface area contributed by atoms with Crippen LogP contribution in [0.4, 0.5) is 10.7 Å². The summed E-state index contributed by atoms with van der Waals surface area (Å²) in [5.74, 6) is 0.373. The van der Waals surface area contributed by atoms with E-state index in [1.54, 1.807) is 19.3 Å². The number of nitrogens with zero attached hydrogens (tertiary/aromatic N) is 2. The van der Waals surface area contributed by atoms with Crippen LogP contribution < -0.4 is 21.5 Å². The average molecular weight is 516 g/mol. The van der Waals surface area contributed by atoms with E-state index in [9.17, 15) is 19.6 Å². The van der Waals surface area contributed by atoms with Gasteiger partial charge in [-0.05, 0) is 74.7 Å². The summed E-state index contributed by atoms with van der Waals surface area (Å²) in [4.78, 5) is 38.6. The Kier molecular flexibility index (Phi) is 6.65. The number of amides is 2. The van der Waals surface area contributed by atoms with Crippen LogP contribution in [0.5, 0.6) is 0 Å². The number of hydroxylamine groups is 2. The lowest BCUT2D eigenvalue weighted by atomic mass is 9.91. The predicted molar refractivity (Wildman–Crippen MR) is 138 cm³/mol. The number of hydrogen-bond donors (Lipinski definition) is 4. The molecular weight excluding hydrogens is 486 g/mol. The molecule has 2 heterocycles. The van der Waals surface area contributed by atoms with E-state index in [1.807, 2.05) is 0 Å². The summed E-state index contributed by atoms with van der Waals surface area (Å²) in [6.45, 7) is 0.638. The molecule has 0 saturated heterocycles. The minimum Gasteiger partial charge on any atom is -0.352 e. The molecule has 0 spiro atoms. The van der Waals surface area contributed by atoms with Crippen LogP contribution in [-0.4, -0.2) is 44.4 Å². The van der Waals surface area contributed by atoms with Gasteiger partial charge in [-0.3, -0.25) is 19.6 Å². The van der Waals surface area contributed by atoms with Gasteiger partial charge in [-0.25, -0.2) is 5.06 Å². The molecule has 5 rings (SSSR count). The third kappa shape index (κ3) is 5.41. The van der Waals surface area contributed by atoms with Crippen molar-refractivity contribution >= 4 is 51.2 Å². The molecular formula is C24H29N5O4S2. The van der Waals surface area contributed by atoms with Crippen molar-refractivity contribution in [2.75, 3.05) is 17.2 Å². The molecule has 0 bridgehead atoms. The lowest BCUT2D eigenvalue weighted by Crippen LogP contribution is -2.43. The van der Waals surface area contributed by atoms with Crippen LogP contribution in [0, 0.1) is 11.8 Å². The second-order valence-corrected chi connectivity index (χ2v) is 11.2. The maximum absolute atomic E-state index is 13.2. The smallest absolute Gasteiger partial charge is 0.254 e. The highest BCUT2D eigenvalue weighted by Gasteiger charge is 2.35. The molecule has 186 valence electrons. The highest BCUT2D eigenvalue weighted by atomic mass is 32.1. The topological polar surface area (TPSA) is 116 Å². The molecule has 2 fully saturated rings. The summed E-state index contributed by atoms with van der Waals surface area (Å²) in [6, 6.07) is 2.77.